The third kappa shape index (κ3) is 4.15. The highest BCUT2D eigenvalue weighted by Crippen LogP contribution is 2.13. The lowest BCUT2D eigenvalue weighted by molar-refractivity contribution is -0.0900. The molecule has 3 atom stereocenters. The number of nitrogens with one attached hydrogen (secondary N) is 1. The molecule has 1 unspecified atom stereocenters. The first-order valence-electron chi connectivity index (χ1n) is 4.92. The molecule has 0 saturated heterocycles. The molecule has 0 saturated carbocycles. The van der Waals surface area contributed by atoms with Crippen molar-refractivity contribution in [3.8, 4) is 0 Å². The number of hydrogen-bond donors (Lipinski definition) is 5. The normalized spacial score (nSPS) is 28.1. The molecular formula is C9H18N2O4. The zero-order valence-electron chi connectivity index (χ0n) is 8.47. The molecule has 6 heteroatoms. The number of hydrogen-bond acceptors (Lipinski definition) is 6. The van der Waals surface area contributed by atoms with Crippen LogP contribution in [0.3, 0.4) is 0 Å². The molecule has 6 nitrogen and oxygen atoms in total. The van der Waals surface area contributed by atoms with Crippen molar-refractivity contribution in [3.05, 3.63) is 11.8 Å². The lowest BCUT2D eigenvalue weighted by atomic mass is 10.1. The monoisotopic (exact) mass is 218 g/mol. The number of ether oxygens (including phenoxy) is 1. The van der Waals surface area contributed by atoms with Crippen molar-refractivity contribution in [1.82, 2.24) is 5.32 Å². The van der Waals surface area contributed by atoms with E-state index in [-0.39, 0.29) is 19.2 Å². The van der Waals surface area contributed by atoms with E-state index >= 15 is 0 Å². The third-order valence-electron chi connectivity index (χ3n) is 2.15. The minimum Gasteiger partial charge on any atom is -0.467 e. The first-order valence-corrected chi connectivity index (χ1v) is 4.92. The summed E-state index contributed by atoms with van der Waals surface area (Å²) < 4.78 is 5.10. The molecule has 6 N–H and O–H groups in total. The smallest absolute Gasteiger partial charge is 0.212 e. The van der Waals surface area contributed by atoms with Gasteiger partial charge in [-0.05, 0) is 12.5 Å². The van der Waals surface area contributed by atoms with Crippen LogP contribution in [0.5, 0.6) is 0 Å². The summed E-state index contributed by atoms with van der Waals surface area (Å²) in [6.07, 6.45) is 0.632. The van der Waals surface area contributed by atoms with Crippen molar-refractivity contribution in [2.75, 3.05) is 19.7 Å². The molecule has 15 heavy (non-hydrogen) atoms. The van der Waals surface area contributed by atoms with Gasteiger partial charge in [0.1, 0.15) is 5.76 Å². The number of nitrogens with two attached hydrogens (primary N) is 1. The van der Waals surface area contributed by atoms with Crippen LogP contribution in [0.1, 0.15) is 6.42 Å². The Labute approximate surface area is 88.3 Å². The zero-order chi connectivity index (χ0) is 11.3. The molecule has 0 aromatic carbocycles. The van der Waals surface area contributed by atoms with Gasteiger partial charge in [-0.1, -0.05) is 0 Å². The van der Waals surface area contributed by atoms with Gasteiger partial charge in [-0.15, -0.1) is 0 Å². The van der Waals surface area contributed by atoms with Gasteiger partial charge in [0.15, 0.2) is 0 Å². The molecule has 0 aliphatic carbocycles. The van der Waals surface area contributed by atoms with Crippen molar-refractivity contribution < 1.29 is 20.1 Å². The van der Waals surface area contributed by atoms with Crippen LogP contribution in [-0.4, -0.2) is 53.5 Å². The molecule has 0 aromatic rings. The summed E-state index contributed by atoms with van der Waals surface area (Å²) >= 11 is 0. The lowest BCUT2D eigenvalue weighted by Gasteiger charge is -2.25. The Morgan fingerprint density at radius 2 is 2.40 bits per heavy atom. The Morgan fingerprint density at radius 3 is 3.00 bits per heavy atom. The fraction of sp³-hybridized carbons (Fsp3) is 0.778. The molecule has 0 aromatic heterocycles. The first-order chi connectivity index (χ1) is 7.13. The minimum absolute atomic E-state index is 0.277. The van der Waals surface area contributed by atoms with Gasteiger partial charge in [-0.25, -0.2) is 0 Å². The minimum atomic E-state index is -0.963. The van der Waals surface area contributed by atoms with E-state index in [9.17, 15) is 5.11 Å². The summed E-state index contributed by atoms with van der Waals surface area (Å²) in [6, 6.07) is -0.378. The maximum Gasteiger partial charge on any atom is 0.212 e. The highest BCUT2D eigenvalue weighted by molar-refractivity contribution is 5.02. The second-order valence-corrected chi connectivity index (χ2v) is 3.55. The zero-order valence-corrected chi connectivity index (χ0v) is 8.47. The Balaban J connectivity index is 2.22. The Hall–Kier alpha value is -0.660. The summed E-state index contributed by atoms with van der Waals surface area (Å²) in [5.41, 5.74) is 5.53. The van der Waals surface area contributed by atoms with Gasteiger partial charge in [-0.2, -0.15) is 0 Å². The predicted octanol–water partition coefficient (Wildman–Crippen LogP) is -2.12. The Bertz CT molecular complexity index is 222. The highest BCUT2D eigenvalue weighted by atomic mass is 16.6. The molecule has 1 rings (SSSR count). The average molecular weight is 218 g/mol. The molecule has 1 heterocycles. The van der Waals surface area contributed by atoms with E-state index in [1.165, 1.54) is 0 Å². The fourth-order valence-corrected chi connectivity index (χ4v) is 1.21. The van der Waals surface area contributed by atoms with Crippen molar-refractivity contribution in [2.24, 2.45) is 5.73 Å². The second-order valence-electron chi connectivity index (χ2n) is 3.55. The number of rotatable bonds is 5. The van der Waals surface area contributed by atoms with Crippen LogP contribution >= 0.6 is 0 Å². The highest BCUT2D eigenvalue weighted by Gasteiger charge is 2.21. The van der Waals surface area contributed by atoms with Gasteiger partial charge >= 0.3 is 0 Å². The van der Waals surface area contributed by atoms with Crippen LogP contribution in [0.4, 0.5) is 0 Å². The van der Waals surface area contributed by atoms with Gasteiger partial charge in [0.05, 0.1) is 25.3 Å². The molecule has 1 aliphatic heterocycles. The second kappa shape index (κ2) is 6.04. The third-order valence-corrected chi connectivity index (χ3v) is 2.15. The largest absolute Gasteiger partial charge is 0.467 e. The van der Waals surface area contributed by atoms with E-state index in [4.69, 9.17) is 20.7 Å². The van der Waals surface area contributed by atoms with Crippen LogP contribution in [0.2, 0.25) is 0 Å². The molecular weight excluding hydrogens is 200 g/mol. The molecule has 0 bridgehead atoms. The SMILES string of the molecule is N[C@@H]1CC=C(CNCC(O)CO)O[C@@H]1O. The first kappa shape index (κ1) is 12.4. The van der Waals surface area contributed by atoms with Crippen LogP contribution in [-0.2, 0) is 4.74 Å². The van der Waals surface area contributed by atoms with E-state index < -0.39 is 12.4 Å². The Kier molecular flexibility index (Phi) is 5.00. The molecule has 0 amide bonds. The van der Waals surface area contributed by atoms with E-state index in [1.54, 1.807) is 6.08 Å². The van der Waals surface area contributed by atoms with Gasteiger partial charge in [0, 0.05) is 6.54 Å². The van der Waals surface area contributed by atoms with E-state index in [0.29, 0.717) is 18.7 Å². The predicted molar refractivity (Wildman–Crippen MR) is 53.7 cm³/mol. The van der Waals surface area contributed by atoms with Crippen LogP contribution < -0.4 is 11.1 Å². The summed E-state index contributed by atoms with van der Waals surface area (Å²) in [5, 5.41) is 29.8. The number of aliphatic hydroxyl groups is 3. The molecule has 0 spiro atoms. The molecule has 88 valence electrons. The van der Waals surface area contributed by atoms with E-state index in [0.717, 1.165) is 0 Å². The van der Waals surface area contributed by atoms with Gasteiger partial charge in [-0.3, -0.25) is 0 Å². The fourth-order valence-electron chi connectivity index (χ4n) is 1.21. The van der Waals surface area contributed by atoms with Gasteiger partial charge < -0.3 is 31.1 Å². The topological polar surface area (TPSA) is 108 Å². The Morgan fingerprint density at radius 1 is 1.67 bits per heavy atom. The lowest BCUT2D eigenvalue weighted by Crippen LogP contribution is -2.40. The summed E-state index contributed by atoms with van der Waals surface area (Å²) in [6.45, 7) is 0.403. The van der Waals surface area contributed by atoms with Crippen LogP contribution in [0, 0.1) is 0 Å². The van der Waals surface area contributed by atoms with Gasteiger partial charge in [0.25, 0.3) is 0 Å². The standard InChI is InChI=1S/C9H18N2O4/c10-8-2-1-7(15-9(8)14)4-11-3-6(13)5-12/h1,6,8-9,11-14H,2-5,10H2/t6?,8-,9+/m1/s1. The van der Waals surface area contributed by atoms with Crippen LogP contribution in [0.15, 0.2) is 11.8 Å². The van der Waals surface area contributed by atoms with Crippen molar-refractivity contribution in [2.45, 2.75) is 24.9 Å². The maximum absolute atomic E-state index is 9.30. The van der Waals surface area contributed by atoms with E-state index in [2.05, 4.69) is 5.32 Å². The summed E-state index contributed by atoms with van der Waals surface area (Å²) in [7, 11) is 0. The van der Waals surface area contributed by atoms with Crippen molar-refractivity contribution >= 4 is 0 Å². The summed E-state index contributed by atoms with van der Waals surface area (Å²) in [5.74, 6) is 0.606. The quantitative estimate of drug-likeness (QED) is 0.361. The molecule has 0 radical (unpaired) electrons. The molecule has 1 aliphatic rings. The van der Waals surface area contributed by atoms with Gasteiger partial charge in [0.2, 0.25) is 6.29 Å². The maximum atomic E-state index is 9.30. The van der Waals surface area contributed by atoms with E-state index in [1.807, 2.05) is 0 Å². The molecule has 0 fully saturated rings. The van der Waals surface area contributed by atoms with Crippen molar-refractivity contribution in [1.29, 1.82) is 0 Å². The van der Waals surface area contributed by atoms with Crippen molar-refractivity contribution in [3.63, 3.8) is 0 Å². The number of aliphatic hydroxyl groups excluding tert-OH is 3. The average Bonchev–Trinajstić information content (AvgIpc) is 2.23. The van der Waals surface area contributed by atoms with Crippen LogP contribution in [0.25, 0.3) is 0 Å². The summed E-state index contributed by atoms with van der Waals surface area (Å²) in [4.78, 5) is 0.